The quantitative estimate of drug-likeness (QED) is 0.264. The van der Waals surface area contributed by atoms with Gasteiger partial charge in [0.2, 0.25) is 5.89 Å². The SMILES string of the molecule is CCNC(=NCC1CCN(Cc2nc(C)c(C)o2)CC1)NCCN(C(C)C)C(C)C.I. The van der Waals surface area contributed by atoms with Gasteiger partial charge in [-0.05, 0) is 80.3 Å². The van der Waals surface area contributed by atoms with Crippen LogP contribution in [0.1, 0.15) is 64.8 Å². The van der Waals surface area contributed by atoms with Gasteiger partial charge in [-0.3, -0.25) is 14.8 Å². The van der Waals surface area contributed by atoms with E-state index in [1.807, 2.05) is 13.8 Å². The fourth-order valence-corrected chi connectivity index (χ4v) is 4.10. The number of halogens is 1. The van der Waals surface area contributed by atoms with E-state index in [-0.39, 0.29) is 24.0 Å². The number of hydrogen-bond donors (Lipinski definition) is 2. The molecule has 0 spiro atoms. The molecule has 7 nitrogen and oxygen atoms in total. The van der Waals surface area contributed by atoms with Crippen molar-refractivity contribution in [1.29, 1.82) is 0 Å². The molecule has 180 valence electrons. The normalized spacial score (nSPS) is 16.3. The van der Waals surface area contributed by atoms with E-state index in [1.165, 1.54) is 12.8 Å². The Bertz CT molecular complexity index is 625. The lowest BCUT2D eigenvalue weighted by Crippen LogP contribution is -2.45. The third kappa shape index (κ3) is 9.65. The Kier molecular flexibility index (Phi) is 13.0. The maximum absolute atomic E-state index is 5.74. The van der Waals surface area contributed by atoms with Crippen molar-refractivity contribution in [2.45, 2.75) is 79.9 Å². The number of hydrogen-bond acceptors (Lipinski definition) is 5. The minimum Gasteiger partial charge on any atom is -0.444 e. The van der Waals surface area contributed by atoms with Gasteiger partial charge in [0, 0.05) is 38.3 Å². The van der Waals surface area contributed by atoms with Gasteiger partial charge < -0.3 is 15.1 Å². The molecule has 0 unspecified atom stereocenters. The fraction of sp³-hybridized carbons (Fsp3) is 0.826. The third-order valence-electron chi connectivity index (χ3n) is 5.98. The highest BCUT2D eigenvalue weighted by Gasteiger charge is 2.21. The lowest BCUT2D eigenvalue weighted by molar-refractivity contribution is 0.166. The lowest BCUT2D eigenvalue weighted by Gasteiger charge is -2.31. The van der Waals surface area contributed by atoms with Crippen LogP contribution in [0.3, 0.4) is 0 Å². The summed E-state index contributed by atoms with van der Waals surface area (Å²) in [5.41, 5.74) is 1.00. The number of nitrogens with one attached hydrogen (secondary N) is 2. The number of likely N-dealkylation sites (tertiary alicyclic amines) is 1. The van der Waals surface area contributed by atoms with E-state index in [2.05, 4.69) is 60.0 Å². The summed E-state index contributed by atoms with van der Waals surface area (Å²) in [5.74, 6) is 3.37. The average Bonchev–Trinajstić information content (AvgIpc) is 3.00. The zero-order valence-corrected chi connectivity index (χ0v) is 23.0. The first-order valence-corrected chi connectivity index (χ1v) is 11.7. The molecule has 2 N–H and O–H groups in total. The zero-order chi connectivity index (χ0) is 22.1. The van der Waals surface area contributed by atoms with E-state index >= 15 is 0 Å². The standard InChI is InChI=1S/C23H44N6O.HI/c1-8-24-23(25-11-14-29(17(2)3)18(4)5)26-15-21-9-12-28(13-10-21)16-22-27-19(6)20(7)30-22;/h17-18,21H,8-16H2,1-7H3,(H2,24,25,26);1H. The fourth-order valence-electron chi connectivity index (χ4n) is 4.10. The predicted molar refractivity (Wildman–Crippen MR) is 140 cm³/mol. The highest BCUT2D eigenvalue weighted by Crippen LogP contribution is 2.20. The van der Waals surface area contributed by atoms with Gasteiger partial charge in [0.05, 0.1) is 12.2 Å². The molecule has 0 amide bonds. The molecule has 0 aromatic carbocycles. The van der Waals surface area contributed by atoms with Crippen LogP contribution >= 0.6 is 24.0 Å². The van der Waals surface area contributed by atoms with E-state index < -0.39 is 0 Å². The van der Waals surface area contributed by atoms with Gasteiger partial charge >= 0.3 is 0 Å². The van der Waals surface area contributed by atoms with Crippen molar-refractivity contribution >= 4 is 29.9 Å². The minimum absolute atomic E-state index is 0. The third-order valence-corrected chi connectivity index (χ3v) is 5.98. The largest absolute Gasteiger partial charge is 0.444 e. The Balaban J connectivity index is 0.00000480. The van der Waals surface area contributed by atoms with Crippen LogP contribution in [0, 0.1) is 19.8 Å². The van der Waals surface area contributed by atoms with Gasteiger partial charge in [-0.1, -0.05) is 0 Å². The van der Waals surface area contributed by atoms with Crippen molar-refractivity contribution in [3.05, 3.63) is 17.3 Å². The highest BCUT2D eigenvalue weighted by molar-refractivity contribution is 14.0. The molecule has 1 saturated heterocycles. The molecule has 8 heteroatoms. The average molecular weight is 549 g/mol. The van der Waals surface area contributed by atoms with Crippen molar-refractivity contribution in [3.63, 3.8) is 0 Å². The van der Waals surface area contributed by atoms with Crippen molar-refractivity contribution in [3.8, 4) is 0 Å². The van der Waals surface area contributed by atoms with Crippen molar-refractivity contribution < 1.29 is 4.42 Å². The monoisotopic (exact) mass is 548 g/mol. The summed E-state index contributed by atoms with van der Waals surface area (Å²) in [6.45, 7) is 21.8. The summed E-state index contributed by atoms with van der Waals surface area (Å²) in [6.07, 6.45) is 2.35. The molecule has 1 aromatic heterocycles. The van der Waals surface area contributed by atoms with Gasteiger partial charge in [0.25, 0.3) is 0 Å². The predicted octanol–water partition coefficient (Wildman–Crippen LogP) is 3.80. The van der Waals surface area contributed by atoms with E-state index in [1.54, 1.807) is 0 Å². The van der Waals surface area contributed by atoms with Gasteiger partial charge in [-0.15, -0.1) is 24.0 Å². The van der Waals surface area contributed by atoms with E-state index in [4.69, 9.17) is 9.41 Å². The lowest BCUT2D eigenvalue weighted by atomic mass is 9.97. The Hall–Kier alpha value is -0.870. The topological polar surface area (TPSA) is 68.9 Å². The van der Waals surface area contributed by atoms with E-state index in [0.29, 0.717) is 18.0 Å². The molecule has 31 heavy (non-hydrogen) atoms. The van der Waals surface area contributed by atoms with Crippen LogP contribution in [-0.4, -0.2) is 72.1 Å². The number of rotatable bonds is 10. The molecule has 0 saturated carbocycles. The second-order valence-electron chi connectivity index (χ2n) is 9.04. The van der Waals surface area contributed by atoms with Crippen LogP contribution in [0.4, 0.5) is 0 Å². The Labute approximate surface area is 206 Å². The smallest absolute Gasteiger partial charge is 0.208 e. The van der Waals surface area contributed by atoms with Crippen LogP contribution in [0.15, 0.2) is 9.41 Å². The van der Waals surface area contributed by atoms with E-state index in [0.717, 1.165) is 69.1 Å². The summed E-state index contributed by atoms with van der Waals surface area (Å²) < 4.78 is 5.74. The van der Waals surface area contributed by atoms with Crippen LogP contribution < -0.4 is 10.6 Å². The number of oxazole rings is 1. The van der Waals surface area contributed by atoms with Crippen LogP contribution in [0.2, 0.25) is 0 Å². The molecule has 2 heterocycles. The summed E-state index contributed by atoms with van der Waals surface area (Å²) >= 11 is 0. The number of aromatic nitrogens is 1. The molecule has 1 aromatic rings. The molecular weight excluding hydrogens is 503 g/mol. The molecule has 0 atom stereocenters. The van der Waals surface area contributed by atoms with Crippen LogP contribution in [0.25, 0.3) is 0 Å². The van der Waals surface area contributed by atoms with Crippen LogP contribution in [-0.2, 0) is 6.54 Å². The number of piperidine rings is 1. The van der Waals surface area contributed by atoms with Crippen molar-refractivity contribution in [2.24, 2.45) is 10.9 Å². The molecule has 1 fully saturated rings. The van der Waals surface area contributed by atoms with Gasteiger partial charge in [-0.25, -0.2) is 4.98 Å². The number of guanidine groups is 1. The number of nitrogens with zero attached hydrogens (tertiary/aromatic N) is 4. The first-order chi connectivity index (χ1) is 14.3. The summed E-state index contributed by atoms with van der Waals surface area (Å²) in [4.78, 5) is 14.3. The van der Waals surface area contributed by atoms with Crippen molar-refractivity contribution in [2.75, 3.05) is 39.3 Å². The second-order valence-corrected chi connectivity index (χ2v) is 9.04. The van der Waals surface area contributed by atoms with Crippen LogP contribution in [0.5, 0.6) is 0 Å². The molecule has 0 bridgehead atoms. The van der Waals surface area contributed by atoms with Gasteiger partial charge in [-0.2, -0.15) is 0 Å². The van der Waals surface area contributed by atoms with Gasteiger partial charge in [0.15, 0.2) is 5.96 Å². The molecule has 2 rings (SSSR count). The second kappa shape index (κ2) is 14.3. The van der Waals surface area contributed by atoms with Gasteiger partial charge in [0.1, 0.15) is 5.76 Å². The minimum atomic E-state index is 0. The number of aryl methyl sites for hydroxylation is 2. The maximum atomic E-state index is 5.74. The van der Waals surface area contributed by atoms with Crippen molar-refractivity contribution in [1.82, 2.24) is 25.4 Å². The Morgan fingerprint density at radius 1 is 1.16 bits per heavy atom. The van der Waals surface area contributed by atoms with E-state index in [9.17, 15) is 0 Å². The molecule has 0 radical (unpaired) electrons. The Morgan fingerprint density at radius 2 is 1.81 bits per heavy atom. The summed E-state index contributed by atoms with van der Waals surface area (Å²) in [5, 5.41) is 6.91. The molecular formula is C23H45IN6O. The first-order valence-electron chi connectivity index (χ1n) is 11.7. The molecule has 0 aliphatic carbocycles. The first kappa shape index (κ1) is 28.2. The number of aliphatic imine (C=N–C) groups is 1. The highest BCUT2D eigenvalue weighted by atomic mass is 127. The Morgan fingerprint density at radius 3 is 2.32 bits per heavy atom. The molecule has 1 aliphatic rings. The summed E-state index contributed by atoms with van der Waals surface area (Å²) in [6, 6.07) is 1.11. The summed E-state index contributed by atoms with van der Waals surface area (Å²) in [7, 11) is 0. The molecule has 1 aliphatic heterocycles. The zero-order valence-electron chi connectivity index (χ0n) is 20.7. The maximum Gasteiger partial charge on any atom is 0.208 e.